The molecular weight excluding hydrogens is 338 g/mol. The second-order valence-electron chi connectivity index (χ2n) is 6.14. The maximum Gasteiger partial charge on any atom is 0.271 e. The van der Waals surface area contributed by atoms with Gasteiger partial charge in [0.2, 0.25) is 5.91 Å². The number of amides is 2. The quantitative estimate of drug-likeness (QED) is 0.415. The van der Waals surface area contributed by atoms with E-state index in [2.05, 4.69) is 10.6 Å². The average molecular weight is 357 g/mol. The molecule has 0 saturated carbocycles. The molecule has 0 fully saturated rings. The van der Waals surface area contributed by atoms with E-state index in [0.29, 0.717) is 12.1 Å². The van der Waals surface area contributed by atoms with Crippen molar-refractivity contribution in [2.75, 3.05) is 10.6 Å². The van der Waals surface area contributed by atoms with Crippen LogP contribution in [0.1, 0.15) is 30.6 Å². The predicted octanol–water partition coefficient (Wildman–Crippen LogP) is 3.54. The minimum atomic E-state index is -0.621. The van der Waals surface area contributed by atoms with Gasteiger partial charge in [0.1, 0.15) is 5.75 Å². The minimum Gasteiger partial charge on any atom is -0.506 e. The van der Waals surface area contributed by atoms with Crippen LogP contribution in [0, 0.1) is 16.0 Å². The number of hydrogen-bond acceptors (Lipinski definition) is 5. The van der Waals surface area contributed by atoms with E-state index in [1.807, 2.05) is 13.8 Å². The van der Waals surface area contributed by atoms with E-state index in [-0.39, 0.29) is 34.5 Å². The standard InChI is InChI=1S/C18H19N3O5/c1-11(2)9-17(23)19-13-5-3-12(4-6-13)18(24)20-15-10-14(21(25)26)7-8-16(15)22/h3-8,10-11,22H,9H2,1-2H3,(H,19,23)(H,20,24). The van der Waals surface area contributed by atoms with Crippen LogP contribution in [0.15, 0.2) is 42.5 Å². The molecule has 26 heavy (non-hydrogen) atoms. The maximum atomic E-state index is 12.2. The molecule has 0 radical (unpaired) electrons. The molecular formula is C18H19N3O5. The van der Waals surface area contributed by atoms with E-state index in [9.17, 15) is 24.8 Å². The Kier molecular flexibility index (Phi) is 5.90. The summed E-state index contributed by atoms with van der Waals surface area (Å²) in [5.41, 5.74) is 0.531. The van der Waals surface area contributed by atoms with Crippen molar-refractivity contribution in [2.45, 2.75) is 20.3 Å². The molecule has 0 spiro atoms. The summed E-state index contributed by atoms with van der Waals surface area (Å²) in [6.07, 6.45) is 0.397. The summed E-state index contributed by atoms with van der Waals surface area (Å²) in [5, 5.41) is 25.7. The normalized spacial score (nSPS) is 10.4. The average Bonchev–Trinajstić information content (AvgIpc) is 2.56. The largest absolute Gasteiger partial charge is 0.506 e. The molecule has 0 bridgehead atoms. The summed E-state index contributed by atoms with van der Waals surface area (Å²) in [4.78, 5) is 34.1. The number of rotatable bonds is 6. The van der Waals surface area contributed by atoms with Crippen LogP contribution in [0.5, 0.6) is 5.75 Å². The third-order valence-corrected chi connectivity index (χ3v) is 3.46. The van der Waals surface area contributed by atoms with E-state index < -0.39 is 10.8 Å². The maximum absolute atomic E-state index is 12.2. The van der Waals surface area contributed by atoms with Gasteiger partial charge in [-0.15, -0.1) is 0 Å². The first-order chi connectivity index (χ1) is 12.3. The fraction of sp³-hybridized carbons (Fsp3) is 0.222. The lowest BCUT2D eigenvalue weighted by Crippen LogP contribution is -2.15. The number of nitrogens with one attached hydrogen (secondary N) is 2. The topological polar surface area (TPSA) is 122 Å². The molecule has 0 unspecified atom stereocenters. The van der Waals surface area contributed by atoms with Gasteiger partial charge in [0, 0.05) is 29.8 Å². The second kappa shape index (κ2) is 8.11. The number of carbonyl (C=O) groups excluding carboxylic acids is 2. The van der Waals surface area contributed by atoms with Crippen LogP contribution in [0.3, 0.4) is 0 Å². The number of nitro groups is 1. The van der Waals surface area contributed by atoms with E-state index in [1.165, 1.54) is 12.1 Å². The van der Waals surface area contributed by atoms with E-state index in [4.69, 9.17) is 0 Å². The van der Waals surface area contributed by atoms with Crippen molar-refractivity contribution in [3.05, 3.63) is 58.1 Å². The van der Waals surface area contributed by atoms with Crippen molar-refractivity contribution in [3.63, 3.8) is 0 Å². The van der Waals surface area contributed by atoms with Gasteiger partial charge in [-0.05, 0) is 36.2 Å². The van der Waals surface area contributed by atoms with Crippen LogP contribution >= 0.6 is 0 Å². The summed E-state index contributed by atoms with van der Waals surface area (Å²) in [6.45, 7) is 3.88. The Hall–Kier alpha value is -3.42. The van der Waals surface area contributed by atoms with E-state index in [1.54, 1.807) is 12.1 Å². The Labute approximate surface area is 150 Å². The number of benzene rings is 2. The van der Waals surface area contributed by atoms with Crippen LogP contribution in [0.4, 0.5) is 17.1 Å². The predicted molar refractivity (Wildman–Crippen MR) is 97.2 cm³/mol. The monoisotopic (exact) mass is 357 g/mol. The minimum absolute atomic E-state index is 0.0569. The van der Waals surface area contributed by atoms with Gasteiger partial charge in [-0.3, -0.25) is 19.7 Å². The van der Waals surface area contributed by atoms with Crippen molar-refractivity contribution < 1.29 is 19.6 Å². The lowest BCUT2D eigenvalue weighted by Gasteiger charge is -2.09. The zero-order chi connectivity index (χ0) is 19.3. The first kappa shape index (κ1) is 18.9. The highest BCUT2D eigenvalue weighted by Gasteiger charge is 2.14. The Morgan fingerprint density at radius 2 is 1.77 bits per heavy atom. The molecule has 0 aliphatic carbocycles. The van der Waals surface area contributed by atoms with Gasteiger partial charge in [-0.1, -0.05) is 13.8 Å². The third-order valence-electron chi connectivity index (χ3n) is 3.46. The van der Waals surface area contributed by atoms with Crippen molar-refractivity contribution in [1.82, 2.24) is 0 Å². The van der Waals surface area contributed by atoms with Crippen molar-refractivity contribution in [2.24, 2.45) is 5.92 Å². The highest BCUT2D eigenvalue weighted by molar-refractivity contribution is 6.05. The number of nitrogens with zero attached hydrogens (tertiary/aromatic N) is 1. The van der Waals surface area contributed by atoms with Gasteiger partial charge in [-0.25, -0.2) is 0 Å². The second-order valence-corrected chi connectivity index (χ2v) is 6.14. The lowest BCUT2D eigenvalue weighted by molar-refractivity contribution is -0.384. The molecule has 2 aromatic carbocycles. The Bertz CT molecular complexity index is 831. The van der Waals surface area contributed by atoms with Crippen LogP contribution in [0.2, 0.25) is 0 Å². The molecule has 2 aromatic rings. The molecule has 0 aromatic heterocycles. The van der Waals surface area contributed by atoms with Gasteiger partial charge in [-0.2, -0.15) is 0 Å². The number of nitro benzene ring substituents is 1. The Morgan fingerprint density at radius 3 is 2.35 bits per heavy atom. The molecule has 2 rings (SSSR count). The van der Waals surface area contributed by atoms with Gasteiger partial charge in [0.15, 0.2) is 0 Å². The van der Waals surface area contributed by atoms with Gasteiger partial charge in [0.05, 0.1) is 10.6 Å². The molecule has 0 aliphatic heterocycles. The van der Waals surface area contributed by atoms with Crippen molar-refractivity contribution in [1.29, 1.82) is 0 Å². The lowest BCUT2D eigenvalue weighted by atomic mass is 10.1. The summed E-state index contributed by atoms with van der Waals surface area (Å²) < 4.78 is 0. The Morgan fingerprint density at radius 1 is 1.12 bits per heavy atom. The zero-order valence-corrected chi connectivity index (χ0v) is 14.4. The van der Waals surface area contributed by atoms with Gasteiger partial charge >= 0.3 is 0 Å². The first-order valence-corrected chi connectivity index (χ1v) is 7.95. The molecule has 8 heteroatoms. The summed E-state index contributed by atoms with van der Waals surface area (Å²) in [6, 6.07) is 9.54. The zero-order valence-electron chi connectivity index (χ0n) is 14.4. The summed E-state index contributed by atoms with van der Waals surface area (Å²) >= 11 is 0. The summed E-state index contributed by atoms with van der Waals surface area (Å²) in [5.74, 6) is -0.691. The SMILES string of the molecule is CC(C)CC(=O)Nc1ccc(C(=O)Nc2cc([N+](=O)[O-])ccc2O)cc1. The molecule has 0 saturated heterocycles. The molecule has 2 amide bonds. The van der Waals surface area contributed by atoms with Gasteiger partial charge < -0.3 is 15.7 Å². The van der Waals surface area contributed by atoms with Crippen molar-refractivity contribution in [3.8, 4) is 5.75 Å². The van der Waals surface area contributed by atoms with E-state index in [0.717, 1.165) is 18.2 Å². The molecule has 136 valence electrons. The number of phenolic OH excluding ortho intramolecular Hbond substituents is 1. The van der Waals surface area contributed by atoms with Crippen LogP contribution < -0.4 is 10.6 Å². The molecule has 0 atom stereocenters. The van der Waals surface area contributed by atoms with Crippen LogP contribution in [-0.2, 0) is 4.79 Å². The number of hydrogen-bond donors (Lipinski definition) is 3. The van der Waals surface area contributed by atoms with Gasteiger partial charge in [0.25, 0.3) is 11.6 Å². The smallest absolute Gasteiger partial charge is 0.271 e. The van der Waals surface area contributed by atoms with Crippen molar-refractivity contribution >= 4 is 28.9 Å². The fourth-order valence-electron chi connectivity index (χ4n) is 2.22. The number of anilines is 2. The molecule has 0 aliphatic rings. The molecule has 0 heterocycles. The highest BCUT2D eigenvalue weighted by atomic mass is 16.6. The number of carbonyl (C=O) groups is 2. The third kappa shape index (κ3) is 5.04. The molecule has 8 nitrogen and oxygen atoms in total. The molecule has 3 N–H and O–H groups in total. The summed E-state index contributed by atoms with van der Waals surface area (Å²) in [7, 11) is 0. The number of non-ortho nitro benzene ring substituents is 1. The van der Waals surface area contributed by atoms with Crippen LogP contribution in [-0.4, -0.2) is 21.8 Å². The van der Waals surface area contributed by atoms with Crippen LogP contribution in [0.25, 0.3) is 0 Å². The first-order valence-electron chi connectivity index (χ1n) is 7.95. The Balaban J connectivity index is 2.07. The number of phenols is 1. The number of aromatic hydroxyl groups is 1. The fourth-order valence-corrected chi connectivity index (χ4v) is 2.22. The van der Waals surface area contributed by atoms with E-state index >= 15 is 0 Å². The highest BCUT2D eigenvalue weighted by Crippen LogP contribution is 2.28.